The molecule has 1 nitrogen and oxygen atoms in total. The van der Waals surface area contributed by atoms with Gasteiger partial charge < -0.3 is 5.73 Å². The van der Waals surface area contributed by atoms with E-state index in [-0.39, 0.29) is 12.4 Å². The number of unbranched alkanes of at least 4 members (excludes halogenated alkanes) is 1. The molecule has 0 saturated heterocycles. The summed E-state index contributed by atoms with van der Waals surface area (Å²) in [5.74, 6) is 0. The Kier molecular flexibility index (Phi) is 8.25. The third-order valence-electron chi connectivity index (χ3n) is 1.81. The van der Waals surface area contributed by atoms with Crippen LogP contribution in [0.2, 0.25) is 0 Å². The van der Waals surface area contributed by atoms with Gasteiger partial charge in [0.25, 0.3) is 0 Å². The van der Waals surface area contributed by atoms with Crippen molar-refractivity contribution in [1.29, 1.82) is 0 Å². The topological polar surface area (TPSA) is 26.0 Å². The first-order chi connectivity index (χ1) is 4.62. The third kappa shape index (κ3) is 7.89. The van der Waals surface area contributed by atoms with Gasteiger partial charge in [-0.1, -0.05) is 19.9 Å². The molecule has 0 unspecified atom stereocenters. The molecule has 0 saturated carbocycles. The first-order valence-corrected chi connectivity index (χ1v) is 3.93. The quantitative estimate of drug-likeness (QED) is 0.507. The molecule has 0 atom stereocenters. The lowest BCUT2D eigenvalue weighted by Gasteiger charge is -2.21. The summed E-state index contributed by atoms with van der Waals surface area (Å²) in [6, 6.07) is 0. The Morgan fingerprint density at radius 2 is 2.00 bits per heavy atom. The van der Waals surface area contributed by atoms with Crippen molar-refractivity contribution < 1.29 is 0 Å². The number of hydrogen-bond acceptors (Lipinski definition) is 1. The van der Waals surface area contributed by atoms with Gasteiger partial charge >= 0.3 is 0 Å². The lowest BCUT2D eigenvalue weighted by molar-refractivity contribution is 0.338. The highest BCUT2D eigenvalue weighted by atomic mass is 35.5. The maximum atomic E-state index is 5.56. The summed E-state index contributed by atoms with van der Waals surface area (Å²) < 4.78 is 0. The molecule has 0 bridgehead atoms. The molecule has 0 spiro atoms. The Bertz CT molecular complexity index is 99.7. The van der Waals surface area contributed by atoms with Crippen LogP contribution in [0, 0.1) is 5.41 Å². The number of halogens is 1. The van der Waals surface area contributed by atoms with Crippen LogP contribution in [-0.2, 0) is 0 Å². The summed E-state index contributed by atoms with van der Waals surface area (Å²) in [7, 11) is 0. The molecule has 0 aliphatic carbocycles. The van der Waals surface area contributed by atoms with Crippen LogP contribution in [0.4, 0.5) is 0 Å². The zero-order valence-electron chi connectivity index (χ0n) is 7.60. The fraction of sp³-hybridized carbons (Fsp3) is 0.778. The van der Waals surface area contributed by atoms with Crippen LogP contribution < -0.4 is 5.73 Å². The van der Waals surface area contributed by atoms with Gasteiger partial charge in [0.2, 0.25) is 0 Å². The largest absolute Gasteiger partial charge is 0.330 e. The average Bonchev–Trinajstić information content (AvgIpc) is 1.89. The van der Waals surface area contributed by atoms with Crippen LogP contribution in [0.15, 0.2) is 12.7 Å². The van der Waals surface area contributed by atoms with Crippen LogP contribution >= 0.6 is 12.4 Å². The van der Waals surface area contributed by atoms with Gasteiger partial charge in [-0.25, -0.2) is 0 Å². The van der Waals surface area contributed by atoms with Crippen molar-refractivity contribution in [2.24, 2.45) is 11.1 Å². The van der Waals surface area contributed by atoms with Gasteiger partial charge in [-0.05, 0) is 31.2 Å². The molecule has 0 radical (unpaired) electrons. The zero-order chi connectivity index (χ0) is 8.04. The van der Waals surface area contributed by atoms with Crippen LogP contribution in [0.3, 0.4) is 0 Å². The maximum absolute atomic E-state index is 5.56. The molecule has 0 fully saturated rings. The zero-order valence-corrected chi connectivity index (χ0v) is 8.41. The SMILES string of the molecule is C=CCCCC(C)(C)CN.Cl. The van der Waals surface area contributed by atoms with E-state index in [4.69, 9.17) is 5.73 Å². The molecule has 0 aromatic carbocycles. The van der Waals surface area contributed by atoms with Crippen LogP contribution in [0.25, 0.3) is 0 Å². The third-order valence-corrected chi connectivity index (χ3v) is 1.81. The Morgan fingerprint density at radius 3 is 2.36 bits per heavy atom. The van der Waals surface area contributed by atoms with Crippen molar-refractivity contribution in [3.63, 3.8) is 0 Å². The van der Waals surface area contributed by atoms with Crippen molar-refractivity contribution in [1.82, 2.24) is 0 Å². The summed E-state index contributed by atoms with van der Waals surface area (Å²) in [4.78, 5) is 0. The lowest BCUT2D eigenvalue weighted by Crippen LogP contribution is -2.23. The maximum Gasteiger partial charge on any atom is -0.00258 e. The molecule has 0 aromatic rings. The molecule has 2 N–H and O–H groups in total. The second-order valence-corrected chi connectivity index (χ2v) is 3.55. The normalized spacial score (nSPS) is 10.5. The number of hydrogen-bond donors (Lipinski definition) is 1. The highest BCUT2D eigenvalue weighted by molar-refractivity contribution is 5.85. The van der Waals surface area contributed by atoms with E-state index < -0.39 is 0 Å². The summed E-state index contributed by atoms with van der Waals surface area (Å²) in [6.07, 6.45) is 5.50. The van der Waals surface area contributed by atoms with Gasteiger partial charge in [0.1, 0.15) is 0 Å². The molecular weight excluding hydrogens is 158 g/mol. The van der Waals surface area contributed by atoms with Crippen molar-refractivity contribution in [2.45, 2.75) is 33.1 Å². The van der Waals surface area contributed by atoms with Gasteiger partial charge in [-0.3, -0.25) is 0 Å². The molecule has 0 aliphatic heterocycles. The van der Waals surface area contributed by atoms with Crippen molar-refractivity contribution >= 4 is 12.4 Å². The summed E-state index contributed by atoms with van der Waals surface area (Å²) in [5, 5.41) is 0. The molecule has 0 aromatic heterocycles. The highest BCUT2D eigenvalue weighted by Crippen LogP contribution is 2.20. The minimum Gasteiger partial charge on any atom is -0.330 e. The standard InChI is InChI=1S/C9H19N.ClH/c1-4-5-6-7-9(2,3)8-10;/h4H,1,5-8,10H2,2-3H3;1H. The Hall–Kier alpha value is -0.0100. The Labute approximate surface area is 76.5 Å². The predicted molar refractivity (Wildman–Crippen MR) is 54.1 cm³/mol. The van der Waals surface area contributed by atoms with E-state index >= 15 is 0 Å². The van der Waals surface area contributed by atoms with E-state index in [0.717, 1.165) is 13.0 Å². The molecule has 2 heteroatoms. The highest BCUT2D eigenvalue weighted by Gasteiger charge is 2.13. The molecule has 68 valence electrons. The predicted octanol–water partition coefficient (Wildman–Crippen LogP) is 2.75. The van der Waals surface area contributed by atoms with Crippen LogP contribution in [0.5, 0.6) is 0 Å². The van der Waals surface area contributed by atoms with Gasteiger partial charge in [-0.15, -0.1) is 19.0 Å². The first kappa shape index (κ1) is 13.6. The van der Waals surface area contributed by atoms with E-state index in [1.807, 2.05) is 6.08 Å². The minimum absolute atomic E-state index is 0. The van der Waals surface area contributed by atoms with Gasteiger partial charge in [0, 0.05) is 0 Å². The second kappa shape index (κ2) is 6.68. The summed E-state index contributed by atoms with van der Waals surface area (Å²) >= 11 is 0. The number of nitrogens with two attached hydrogens (primary N) is 1. The van der Waals surface area contributed by atoms with Gasteiger partial charge in [0.15, 0.2) is 0 Å². The number of allylic oxidation sites excluding steroid dienone is 1. The summed E-state index contributed by atoms with van der Waals surface area (Å²) in [5.41, 5.74) is 5.89. The fourth-order valence-corrected chi connectivity index (χ4v) is 0.827. The van der Waals surface area contributed by atoms with Crippen molar-refractivity contribution in [3.8, 4) is 0 Å². The average molecular weight is 178 g/mol. The molecule has 0 amide bonds. The van der Waals surface area contributed by atoms with Crippen molar-refractivity contribution in [3.05, 3.63) is 12.7 Å². The van der Waals surface area contributed by atoms with Gasteiger partial charge in [-0.2, -0.15) is 0 Å². The smallest absolute Gasteiger partial charge is 0.00258 e. The monoisotopic (exact) mass is 177 g/mol. The van der Waals surface area contributed by atoms with Crippen LogP contribution in [-0.4, -0.2) is 6.54 Å². The lowest BCUT2D eigenvalue weighted by atomic mass is 9.87. The Balaban J connectivity index is 0. The van der Waals surface area contributed by atoms with Crippen molar-refractivity contribution in [2.75, 3.05) is 6.54 Å². The Morgan fingerprint density at radius 1 is 1.45 bits per heavy atom. The van der Waals surface area contributed by atoms with E-state index in [1.165, 1.54) is 12.8 Å². The number of rotatable bonds is 5. The van der Waals surface area contributed by atoms with Crippen LogP contribution in [0.1, 0.15) is 33.1 Å². The minimum atomic E-state index is 0. The van der Waals surface area contributed by atoms with E-state index in [1.54, 1.807) is 0 Å². The molecule has 0 heterocycles. The van der Waals surface area contributed by atoms with E-state index in [0.29, 0.717) is 5.41 Å². The fourth-order valence-electron chi connectivity index (χ4n) is 0.827. The molecular formula is C9H20ClN. The van der Waals surface area contributed by atoms with Gasteiger partial charge in [0.05, 0.1) is 0 Å². The molecule has 11 heavy (non-hydrogen) atoms. The molecule has 0 aliphatic rings. The first-order valence-electron chi connectivity index (χ1n) is 3.93. The summed E-state index contributed by atoms with van der Waals surface area (Å²) in [6.45, 7) is 8.87. The molecule has 0 rings (SSSR count). The van der Waals surface area contributed by atoms with E-state index in [9.17, 15) is 0 Å². The van der Waals surface area contributed by atoms with E-state index in [2.05, 4.69) is 20.4 Å². The second-order valence-electron chi connectivity index (χ2n) is 3.55.